The molecule has 1 atom stereocenters. The molecule has 0 amide bonds. The summed E-state index contributed by atoms with van der Waals surface area (Å²) in [4.78, 5) is 5.12. The van der Waals surface area contributed by atoms with Crippen LogP contribution in [0.15, 0.2) is 23.4 Å². The van der Waals surface area contributed by atoms with Crippen LogP contribution < -0.4 is 0 Å². The van der Waals surface area contributed by atoms with Gasteiger partial charge in [-0.25, -0.2) is 0 Å². The lowest BCUT2D eigenvalue weighted by Gasteiger charge is -2.24. The lowest BCUT2D eigenvalue weighted by Crippen LogP contribution is -2.24. The summed E-state index contributed by atoms with van der Waals surface area (Å²) in [7, 11) is 0. The van der Waals surface area contributed by atoms with E-state index in [1.807, 2.05) is 13.0 Å². The first-order chi connectivity index (χ1) is 9.16. The summed E-state index contributed by atoms with van der Waals surface area (Å²) in [5, 5.41) is 23.1. The molecule has 2 N–H and O–H groups in total. The van der Waals surface area contributed by atoms with E-state index in [4.69, 9.17) is 4.84 Å². The van der Waals surface area contributed by atoms with Gasteiger partial charge < -0.3 is 15.1 Å². The summed E-state index contributed by atoms with van der Waals surface area (Å²) in [5.74, 6) is 0.466. The molecule has 104 valence electrons. The van der Waals surface area contributed by atoms with Crippen LogP contribution in [-0.2, 0) is 4.84 Å². The molecule has 0 bridgehead atoms. The molecule has 4 nitrogen and oxygen atoms in total. The quantitative estimate of drug-likeness (QED) is 0.499. The van der Waals surface area contributed by atoms with E-state index in [1.54, 1.807) is 18.3 Å². The molecule has 1 aromatic carbocycles. The maximum absolute atomic E-state index is 9.87. The maximum atomic E-state index is 9.87. The maximum Gasteiger partial charge on any atom is 0.227 e. The van der Waals surface area contributed by atoms with Gasteiger partial charge in [0, 0.05) is 5.92 Å². The Labute approximate surface area is 113 Å². The van der Waals surface area contributed by atoms with Gasteiger partial charge in [0.1, 0.15) is 5.75 Å². The zero-order chi connectivity index (χ0) is 13.7. The van der Waals surface area contributed by atoms with Crippen LogP contribution in [0.4, 0.5) is 0 Å². The van der Waals surface area contributed by atoms with E-state index >= 15 is 0 Å². The van der Waals surface area contributed by atoms with Crippen LogP contribution in [0.25, 0.3) is 0 Å². The Balaban J connectivity index is 1.86. The largest absolute Gasteiger partial charge is 0.508 e. The first-order valence-electron chi connectivity index (χ1n) is 6.83. The molecule has 0 saturated heterocycles. The van der Waals surface area contributed by atoms with Crippen LogP contribution in [0.2, 0.25) is 0 Å². The number of hydrogen-bond acceptors (Lipinski definition) is 4. The van der Waals surface area contributed by atoms with Gasteiger partial charge in [-0.05, 0) is 49.1 Å². The number of aryl methyl sites for hydroxylation is 1. The topological polar surface area (TPSA) is 62.0 Å². The van der Waals surface area contributed by atoms with Crippen molar-refractivity contribution >= 4 is 6.21 Å². The Bertz CT molecular complexity index is 439. The minimum Gasteiger partial charge on any atom is -0.508 e. The number of oxime groups is 1. The Hall–Kier alpha value is -1.55. The normalized spacial score (nSPS) is 18.6. The molecule has 0 spiro atoms. The van der Waals surface area contributed by atoms with Crippen LogP contribution in [0.3, 0.4) is 0 Å². The van der Waals surface area contributed by atoms with Crippen molar-refractivity contribution in [3.8, 4) is 5.75 Å². The van der Waals surface area contributed by atoms with Gasteiger partial charge in [0.05, 0.1) is 6.21 Å². The van der Waals surface area contributed by atoms with Crippen molar-refractivity contribution in [1.29, 1.82) is 0 Å². The molecule has 1 saturated carbocycles. The lowest BCUT2D eigenvalue weighted by molar-refractivity contribution is -0.139. The number of rotatable bonds is 4. The molecule has 1 aliphatic rings. The summed E-state index contributed by atoms with van der Waals surface area (Å²) in [5.41, 5.74) is 1.63. The van der Waals surface area contributed by atoms with Crippen molar-refractivity contribution in [2.45, 2.75) is 45.3 Å². The predicted octanol–water partition coefficient (Wildman–Crippen LogP) is 2.95. The van der Waals surface area contributed by atoms with Crippen molar-refractivity contribution in [2.24, 2.45) is 11.1 Å². The number of phenolic OH excluding ortho intramolecular Hbond substituents is 1. The Kier molecular flexibility index (Phi) is 4.80. The van der Waals surface area contributed by atoms with E-state index in [9.17, 15) is 10.2 Å². The summed E-state index contributed by atoms with van der Waals surface area (Å²) in [6.45, 7) is 1.82. The fourth-order valence-corrected chi connectivity index (χ4v) is 2.42. The molecule has 0 aliphatic heterocycles. The third-order valence-corrected chi connectivity index (χ3v) is 3.64. The second-order valence-corrected chi connectivity index (χ2v) is 5.17. The highest BCUT2D eigenvalue weighted by Crippen LogP contribution is 2.27. The summed E-state index contributed by atoms with van der Waals surface area (Å²) in [6, 6.07) is 5.19. The molecule has 19 heavy (non-hydrogen) atoms. The summed E-state index contributed by atoms with van der Waals surface area (Å²) < 4.78 is 0. The second-order valence-electron chi connectivity index (χ2n) is 5.17. The molecule has 0 aromatic heterocycles. The van der Waals surface area contributed by atoms with E-state index in [0.717, 1.165) is 36.8 Å². The standard InChI is InChI=1S/C15H21NO3/c1-11-9-12(7-8-14(11)17)10-16-19-15(18)13-5-3-2-4-6-13/h7-10,13,15,17-18H,2-6H2,1H3/b16-10+. The minimum absolute atomic E-state index is 0.201. The van der Waals surface area contributed by atoms with Crippen LogP contribution in [-0.4, -0.2) is 22.7 Å². The SMILES string of the molecule is Cc1cc(/C=N/OC(O)C2CCCCC2)ccc1O. The molecule has 1 aliphatic carbocycles. The molecular formula is C15H21NO3. The lowest BCUT2D eigenvalue weighted by atomic mass is 9.89. The number of nitrogens with zero attached hydrogens (tertiary/aromatic N) is 1. The second kappa shape index (κ2) is 6.57. The molecule has 1 aromatic rings. The van der Waals surface area contributed by atoms with Crippen LogP contribution >= 0.6 is 0 Å². The number of aliphatic hydroxyl groups excluding tert-OH is 1. The highest BCUT2D eigenvalue weighted by Gasteiger charge is 2.22. The first-order valence-corrected chi connectivity index (χ1v) is 6.83. The Morgan fingerprint density at radius 3 is 2.74 bits per heavy atom. The van der Waals surface area contributed by atoms with E-state index in [1.165, 1.54) is 6.42 Å². The minimum atomic E-state index is -0.810. The van der Waals surface area contributed by atoms with Crippen LogP contribution in [0, 0.1) is 12.8 Å². The molecule has 0 radical (unpaired) electrons. The molecule has 0 heterocycles. The Morgan fingerprint density at radius 2 is 2.05 bits per heavy atom. The van der Waals surface area contributed by atoms with Gasteiger partial charge in [-0.3, -0.25) is 0 Å². The average molecular weight is 263 g/mol. The summed E-state index contributed by atoms with van der Waals surface area (Å²) in [6.07, 6.45) is 6.33. The predicted molar refractivity (Wildman–Crippen MR) is 74.1 cm³/mol. The van der Waals surface area contributed by atoms with Crippen molar-refractivity contribution in [3.63, 3.8) is 0 Å². The first kappa shape index (κ1) is 13.9. The zero-order valence-electron chi connectivity index (χ0n) is 11.2. The zero-order valence-corrected chi connectivity index (χ0v) is 11.2. The number of phenols is 1. The molecule has 1 fully saturated rings. The highest BCUT2D eigenvalue weighted by molar-refractivity contribution is 5.79. The van der Waals surface area contributed by atoms with E-state index in [-0.39, 0.29) is 11.7 Å². The van der Waals surface area contributed by atoms with Crippen molar-refractivity contribution < 1.29 is 15.1 Å². The smallest absolute Gasteiger partial charge is 0.227 e. The van der Waals surface area contributed by atoms with Crippen molar-refractivity contribution in [3.05, 3.63) is 29.3 Å². The third-order valence-electron chi connectivity index (χ3n) is 3.64. The molecular weight excluding hydrogens is 242 g/mol. The van der Waals surface area contributed by atoms with Gasteiger partial charge in [0.2, 0.25) is 6.29 Å². The van der Waals surface area contributed by atoms with Gasteiger partial charge in [-0.2, -0.15) is 0 Å². The van der Waals surface area contributed by atoms with Gasteiger partial charge in [0.25, 0.3) is 0 Å². The van der Waals surface area contributed by atoms with Crippen LogP contribution in [0.1, 0.15) is 43.2 Å². The van der Waals surface area contributed by atoms with Gasteiger partial charge in [-0.1, -0.05) is 24.4 Å². The number of aromatic hydroxyl groups is 1. The fraction of sp³-hybridized carbons (Fsp3) is 0.533. The monoisotopic (exact) mass is 263 g/mol. The van der Waals surface area contributed by atoms with E-state index in [2.05, 4.69) is 5.16 Å². The van der Waals surface area contributed by atoms with E-state index < -0.39 is 6.29 Å². The van der Waals surface area contributed by atoms with Crippen molar-refractivity contribution in [1.82, 2.24) is 0 Å². The molecule has 2 rings (SSSR count). The third kappa shape index (κ3) is 3.96. The number of aliphatic hydroxyl groups is 1. The van der Waals surface area contributed by atoms with Crippen LogP contribution in [0.5, 0.6) is 5.75 Å². The Morgan fingerprint density at radius 1 is 1.32 bits per heavy atom. The summed E-state index contributed by atoms with van der Waals surface area (Å²) >= 11 is 0. The van der Waals surface area contributed by atoms with Gasteiger partial charge in [0.15, 0.2) is 0 Å². The van der Waals surface area contributed by atoms with E-state index in [0.29, 0.717) is 0 Å². The highest BCUT2D eigenvalue weighted by atomic mass is 16.7. The van der Waals surface area contributed by atoms with Crippen molar-refractivity contribution in [2.75, 3.05) is 0 Å². The number of hydrogen-bond donors (Lipinski definition) is 2. The number of benzene rings is 1. The molecule has 1 unspecified atom stereocenters. The van der Waals surface area contributed by atoms with Gasteiger partial charge in [-0.15, -0.1) is 0 Å². The fourth-order valence-electron chi connectivity index (χ4n) is 2.42. The molecule has 4 heteroatoms. The van der Waals surface area contributed by atoms with Gasteiger partial charge >= 0.3 is 0 Å². The average Bonchev–Trinajstić information content (AvgIpc) is 2.43.